The van der Waals surface area contributed by atoms with Gasteiger partial charge >= 0.3 is 5.97 Å². The summed E-state index contributed by atoms with van der Waals surface area (Å²) in [4.78, 5) is 21.4. The number of methoxy groups -OCH3 is 1. The minimum Gasteiger partial charge on any atom is -0.480 e. The van der Waals surface area contributed by atoms with Crippen LogP contribution in [0.25, 0.3) is 0 Å². The topological polar surface area (TPSA) is 75.5 Å². The third-order valence-electron chi connectivity index (χ3n) is 3.16. The van der Waals surface area contributed by atoms with Gasteiger partial charge in [-0.3, -0.25) is 4.98 Å². The molecule has 1 aromatic carbocycles. The molecule has 6 heteroatoms. The molecule has 110 valence electrons. The number of ether oxygens (including phenoxy) is 1. The summed E-state index contributed by atoms with van der Waals surface area (Å²) in [5.41, 5.74) is 1.13. The molecule has 0 unspecified atom stereocenters. The first-order valence-corrected chi connectivity index (χ1v) is 6.50. The van der Waals surface area contributed by atoms with Crippen molar-refractivity contribution in [2.45, 2.75) is 6.42 Å². The van der Waals surface area contributed by atoms with E-state index in [4.69, 9.17) is 9.84 Å². The van der Waals surface area contributed by atoms with E-state index in [1.54, 1.807) is 18.3 Å². The van der Waals surface area contributed by atoms with Gasteiger partial charge in [0.05, 0.1) is 25.1 Å². The summed E-state index contributed by atoms with van der Waals surface area (Å²) < 4.78 is 5.04. The minimum absolute atomic E-state index is 0.336. The zero-order valence-electron chi connectivity index (χ0n) is 12.0. The molecule has 6 nitrogen and oxygen atoms in total. The van der Waals surface area contributed by atoms with Crippen LogP contribution in [0, 0.1) is 0 Å². The summed E-state index contributed by atoms with van der Waals surface area (Å²) in [6.45, 7) is 0.631. The Morgan fingerprint density at radius 1 is 1.33 bits per heavy atom. The van der Waals surface area contributed by atoms with Crippen molar-refractivity contribution in [2.24, 2.45) is 0 Å². The summed E-state index contributed by atoms with van der Waals surface area (Å²) in [6, 6.07) is 7.01. The molecule has 0 aliphatic heterocycles. The van der Waals surface area contributed by atoms with Crippen LogP contribution < -0.4 is 9.64 Å². The molecule has 1 N–H and O–H groups in total. The van der Waals surface area contributed by atoms with E-state index in [1.165, 1.54) is 13.3 Å². The highest BCUT2D eigenvalue weighted by molar-refractivity contribution is 5.89. The van der Waals surface area contributed by atoms with E-state index in [0.717, 1.165) is 5.56 Å². The summed E-state index contributed by atoms with van der Waals surface area (Å²) >= 11 is 0. The Bertz CT molecular complexity index is 631. The molecule has 0 amide bonds. The second-order valence-corrected chi connectivity index (χ2v) is 4.55. The van der Waals surface area contributed by atoms with Crippen molar-refractivity contribution < 1.29 is 14.6 Å². The van der Waals surface area contributed by atoms with E-state index in [9.17, 15) is 4.79 Å². The summed E-state index contributed by atoms with van der Waals surface area (Å²) in [6.07, 6.45) is 3.79. The third kappa shape index (κ3) is 3.68. The van der Waals surface area contributed by atoms with Crippen molar-refractivity contribution in [2.75, 3.05) is 25.6 Å². The molecule has 21 heavy (non-hydrogen) atoms. The fourth-order valence-electron chi connectivity index (χ4n) is 1.97. The van der Waals surface area contributed by atoms with E-state index >= 15 is 0 Å². The second kappa shape index (κ2) is 6.69. The number of aromatic carboxylic acids is 1. The van der Waals surface area contributed by atoms with Gasteiger partial charge in [0.15, 0.2) is 5.82 Å². The van der Waals surface area contributed by atoms with E-state index in [2.05, 4.69) is 9.97 Å². The van der Waals surface area contributed by atoms with Crippen LogP contribution >= 0.6 is 0 Å². The standard InChI is InChI=1S/C15H17N3O3/c1-18(13-9-16-10-14(17-13)21-2)8-7-11-5-3-4-6-12(11)15(19)20/h3-6,9-10H,7-8H2,1-2H3,(H,19,20). The molecule has 0 atom stereocenters. The SMILES string of the molecule is COc1cncc(N(C)CCc2ccccc2C(=O)O)n1. The quantitative estimate of drug-likeness (QED) is 0.874. The highest BCUT2D eigenvalue weighted by Gasteiger charge is 2.10. The number of carbonyl (C=O) groups is 1. The number of benzene rings is 1. The number of aromatic nitrogens is 2. The number of hydrogen-bond donors (Lipinski definition) is 1. The average Bonchev–Trinajstić information content (AvgIpc) is 2.52. The van der Waals surface area contributed by atoms with E-state index in [-0.39, 0.29) is 0 Å². The van der Waals surface area contributed by atoms with Gasteiger partial charge in [-0.25, -0.2) is 4.79 Å². The Morgan fingerprint density at radius 3 is 2.81 bits per heavy atom. The highest BCUT2D eigenvalue weighted by Crippen LogP contribution is 2.14. The molecule has 2 aromatic rings. The lowest BCUT2D eigenvalue weighted by Gasteiger charge is -2.18. The lowest BCUT2D eigenvalue weighted by Crippen LogP contribution is -2.22. The molecule has 0 saturated heterocycles. The molecular formula is C15H17N3O3. The predicted molar refractivity (Wildman–Crippen MR) is 79.0 cm³/mol. The molecule has 0 aliphatic carbocycles. The number of nitrogens with zero attached hydrogens (tertiary/aromatic N) is 3. The number of anilines is 1. The average molecular weight is 287 g/mol. The Balaban J connectivity index is 2.07. The number of carboxylic acids is 1. The van der Waals surface area contributed by atoms with Gasteiger partial charge in [0.25, 0.3) is 0 Å². The van der Waals surface area contributed by atoms with Gasteiger partial charge in [-0.1, -0.05) is 18.2 Å². The van der Waals surface area contributed by atoms with Gasteiger partial charge in [-0.2, -0.15) is 4.98 Å². The van der Waals surface area contributed by atoms with Gasteiger partial charge in [-0.05, 0) is 18.1 Å². The van der Waals surface area contributed by atoms with Crippen molar-refractivity contribution in [3.05, 3.63) is 47.8 Å². The van der Waals surface area contributed by atoms with Crippen molar-refractivity contribution in [3.63, 3.8) is 0 Å². The van der Waals surface area contributed by atoms with Gasteiger partial charge in [0.1, 0.15) is 0 Å². The summed E-state index contributed by atoms with van der Waals surface area (Å²) in [7, 11) is 3.42. The zero-order chi connectivity index (χ0) is 15.2. The number of hydrogen-bond acceptors (Lipinski definition) is 5. The number of rotatable bonds is 6. The molecule has 0 spiro atoms. The smallest absolute Gasteiger partial charge is 0.335 e. The van der Waals surface area contributed by atoms with Crippen molar-refractivity contribution in [1.82, 2.24) is 9.97 Å². The van der Waals surface area contributed by atoms with E-state index in [1.807, 2.05) is 24.1 Å². The lowest BCUT2D eigenvalue weighted by molar-refractivity contribution is 0.0695. The van der Waals surface area contributed by atoms with Crippen LogP contribution in [0.3, 0.4) is 0 Å². The van der Waals surface area contributed by atoms with Crippen LogP contribution in [0.5, 0.6) is 5.88 Å². The molecule has 1 heterocycles. The molecule has 0 bridgehead atoms. The zero-order valence-corrected chi connectivity index (χ0v) is 12.0. The predicted octanol–water partition coefficient (Wildman–Crippen LogP) is 1.86. The van der Waals surface area contributed by atoms with Crippen LogP contribution in [0.2, 0.25) is 0 Å². The Labute approximate surface area is 123 Å². The summed E-state index contributed by atoms with van der Waals surface area (Å²) in [5, 5.41) is 9.16. The molecular weight excluding hydrogens is 270 g/mol. The van der Waals surface area contributed by atoms with Gasteiger partial charge < -0.3 is 14.7 Å². The van der Waals surface area contributed by atoms with Crippen molar-refractivity contribution in [3.8, 4) is 5.88 Å². The van der Waals surface area contributed by atoms with Crippen LogP contribution in [0.1, 0.15) is 15.9 Å². The first-order chi connectivity index (χ1) is 10.1. The Kier molecular flexibility index (Phi) is 4.71. The van der Waals surface area contributed by atoms with E-state index < -0.39 is 5.97 Å². The second-order valence-electron chi connectivity index (χ2n) is 4.55. The largest absolute Gasteiger partial charge is 0.480 e. The first kappa shape index (κ1) is 14.8. The maximum Gasteiger partial charge on any atom is 0.335 e. The molecule has 2 rings (SSSR count). The first-order valence-electron chi connectivity index (χ1n) is 6.50. The maximum absolute atomic E-state index is 11.2. The van der Waals surface area contributed by atoms with Crippen molar-refractivity contribution in [1.29, 1.82) is 0 Å². The third-order valence-corrected chi connectivity index (χ3v) is 3.16. The highest BCUT2D eigenvalue weighted by atomic mass is 16.5. The Hall–Kier alpha value is -2.63. The van der Waals surface area contributed by atoms with Crippen LogP contribution in [-0.2, 0) is 6.42 Å². The van der Waals surface area contributed by atoms with Crippen molar-refractivity contribution >= 4 is 11.8 Å². The molecule has 0 radical (unpaired) electrons. The summed E-state index contributed by atoms with van der Waals surface area (Å²) in [5.74, 6) is 0.224. The number of likely N-dealkylation sites (N-methyl/N-ethyl adjacent to an activating group) is 1. The van der Waals surface area contributed by atoms with Crippen LogP contribution in [0.15, 0.2) is 36.7 Å². The fourth-order valence-corrected chi connectivity index (χ4v) is 1.97. The van der Waals surface area contributed by atoms with E-state index in [0.29, 0.717) is 30.2 Å². The van der Waals surface area contributed by atoms with Gasteiger partial charge in [0, 0.05) is 13.6 Å². The van der Waals surface area contributed by atoms with Crippen LogP contribution in [-0.4, -0.2) is 41.7 Å². The van der Waals surface area contributed by atoms with Gasteiger partial charge in [0.2, 0.25) is 5.88 Å². The lowest BCUT2D eigenvalue weighted by atomic mass is 10.0. The molecule has 0 aliphatic rings. The maximum atomic E-state index is 11.2. The van der Waals surface area contributed by atoms with Crippen LogP contribution in [0.4, 0.5) is 5.82 Å². The molecule has 0 saturated carbocycles. The minimum atomic E-state index is -0.908. The number of carboxylic acid groups (broad SMARTS) is 1. The molecule has 0 fully saturated rings. The Morgan fingerprint density at radius 2 is 2.10 bits per heavy atom. The molecule has 1 aromatic heterocycles. The van der Waals surface area contributed by atoms with Gasteiger partial charge in [-0.15, -0.1) is 0 Å². The normalized spacial score (nSPS) is 10.2. The fraction of sp³-hybridized carbons (Fsp3) is 0.267. The monoisotopic (exact) mass is 287 g/mol.